The molecule has 0 saturated heterocycles. The van der Waals surface area contributed by atoms with Gasteiger partial charge in [-0.25, -0.2) is 0 Å². The van der Waals surface area contributed by atoms with Crippen molar-refractivity contribution < 1.29 is 14.3 Å². The monoisotopic (exact) mass is 172 g/mol. The lowest BCUT2D eigenvalue weighted by molar-refractivity contribution is -0.138. The number of unbranched alkanes of at least 4 members (excludes halogenated alkanes) is 2. The van der Waals surface area contributed by atoms with Gasteiger partial charge in [0, 0.05) is 13.5 Å². The van der Waals surface area contributed by atoms with E-state index in [1.807, 2.05) is 0 Å². The van der Waals surface area contributed by atoms with Gasteiger partial charge < -0.3 is 4.74 Å². The van der Waals surface area contributed by atoms with Gasteiger partial charge in [0.1, 0.15) is 6.61 Å². The second-order valence-corrected chi connectivity index (χ2v) is 2.74. The van der Waals surface area contributed by atoms with E-state index in [9.17, 15) is 9.59 Å². The fourth-order valence-electron chi connectivity index (χ4n) is 0.887. The second kappa shape index (κ2) is 6.98. The quantitative estimate of drug-likeness (QED) is 0.430. The van der Waals surface area contributed by atoms with Gasteiger partial charge in [-0.2, -0.15) is 0 Å². The first-order chi connectivity index (χ1) is 5.72. The summed E-state index contributed by atoms with van der Waals surface area (Å²) in [5.41, 5.74) is 0. The van der Waals surface area contributed by atoms with Gasteiger partial charge in [0.25, 0.3) is 0 Å². The predicted octanol–water partition coefficient (Wildman–Crippen LogP) is 1.35. The highest BCUT2D eigenvalue weighted by atomic mass is 16.5. The average molecular weight is 172 g/mol. The Morgan fingerprint density at radius 2 is 1.83 bits per heavy atom. The van der Waals surface area contributed by atoms with Crippen LogP contribution in [0.25, 0.3) is 0 Å². The Hall–Kier alpha value is -0.700. The number of carbonyl (C=O) groups excluding carboxylic acids is 2. The number of Topliss-reactive ketones (excluding diaryl/α,β-unsaturated/α-hetero) is 2. The fourth-order valence-corrected chi connectivity index (χ4v) is 0.887. The molecule has 0 unspecified atom stereocenters. The molecule has 0 atom stereocenters. The van der Waals surface area contributed by atoms with Crippen molar-refractivity contribution in [3.8, 4) is 0 Å². The number of hydrogen-bond acceptors (Lipinski definition) is 3. The van der Waals surface area contributed by atoms with Crippen molar-refractivity contribution in [1.82, 2.24) is 0 Å². The highest BCUT2D eigenvalue weighted by Crippen LogP contribution is 2.00. The fraction of sp³-hybridized carbons (Fsp3) is 0.778. The maximum atomic E-state index is 11.0. The number of hydrogen-bond donors (Lipinski definition) is 0. The molecule has 12 heavy (non-hydrogen) atoms. The first-order valence-electron chi connectivity index (χ1n) is 4.27. The molecule has 70 valence electrons. The molecule has 0 heterocycles. The Morgan fingerprint density at radius 1 is 1.17 bits per heavy atom. The van der Waals surface area contributed by atoms with Crippen molar-refractivity contribution in [3.05, 3.63) is 0 Å². The molecule has 0 radical (unpaired) electrons. The maximum absolute atomic E-state index is 11.0. The topological polar surface area (TPSA) is 43.4 Å². The van der Waals surface area contributed by atoms with Crippen molar-refractivity contribution in [2.75, 3.05) is 13.7 Å². The molecular weight excluding hydrogens is 156 g/mol. The molecule has 0 saturated carbocycles. The summed E-state index contributed by atoms with van der Waals surface area (Å²) in [5, 5.41) is 0. The van der Waals surface area contributed by atoms with E-state index >= 15 is 0 Å². The lowest BCUT2D eigenvalue weighted by Gasteiger charge is -1.97. The standard InChI is InChI=1S/C9H16O3/c1-3-4-5-6-8(10)9(11)7-12-2/h3-7H2,1-2H3. The minimum atomic E-state index is -0.409. The van der Waals surface area contributed by atoms with Crippen LogP contribution in [0.3, 0.4) is 0 Å². The number of ether oxygens (including phenoxy) is 1. The summed E-state index contributed by atoms with van der Waals surface area (Å²) in [6.45, 7) is 1.98. The lowest BCUT2D eigenvalue weighted by Crippen LogP contribution is -2.18. The van der Waals surface area contributed by atoms with Crippen LogP contribution in [-0.4, -0.2) is 25.3 Å². The van der Waals surface area contributed by atoms with Crippen molar-refractivity contribution in [3.63, 3.8) is 0 Å². The van der Waals surface area contributed by atoms with E-state index in [4.69, 9.17) is 0 Å². The van der Waals surface area contributed by atoms with Crippen molar-refractivity contribution in [2.45, 2.75) is 32.6 Å². The van der Waals surface area contributed by atoms with Crippen LogP contribution < -0.4 is 0 Å². The smallest absolute Gasteiger partial charge is 0.223 e. The summed E-state index contributed by atoms with van der Waals surface area (Å²) in [6, 6.07) is 0. The number of carbonyl (C=O) groups is 2. The molecule has 3 nitrogen and oxygen atoms in total. The zero-order valence-electron chi connectivity index (χ0n) is 7.76. The summed E-state index contributed by atoms with van der Waals surface area (Å²) in [7, 11) is 1.41. The van der Waals surface area contributed by atoms with Crippen molar-refractivity contribution in [1.29, 1.82) is 0 Å². The minimum absolute atomic E-state index is 0.0784. The molecule has 0 aliphatic carbocycles. The summed E-state index contributed by atoms with van der Waals surface area (Å²) in [5.74, 6) is -0.709. The Kier molecular flexibility index (Phi) is 6.57. The van der Waals surface area contributed by atoms with Crippen LogP contribution in [0.2, 0.25) is 0 Å². The van der Waals surface area contributed by atoms with Gasteiger partial charge in [0.2, 0.25) is 11.6 Å². The Morgan fingerprint density at radius 3 is 2.33 bits per heavy atom. The van der Waals surface area contributed by atoms with E-state index in [0.717, 1.165) is 19.3 Å². The molecular formula is C9H16O3. The average Bonchev–Trinajstić information content (AvgIpc) is 2.05. The summed E-state index contributed by atoms with van der Waals surface area (Å²) >= 11 is 0. The number of methoxy groups -OCH3 is 1. The van der Waals surface area contributed by atoms with Crippen LogP contribution in [-0.2, 0) is 14.3 Å². The van der Waals surface area contributed by atoms with Gasteiger partial charge >= 0.3 is 0 Å². The van der Waals surface area contributed by atoms with Crippen molar-refractivity contribution in [2.24, 2.45) is 0 Å². The largest absolute Gasteiger partial charge is 0.376 e. The van der Waals surface area contributed by atoms with E-state index < -0.39 is 5.78 Å². The van der Waals surface area contributed by atoms with Gasteiger partial charge in [0.05, 0.1) is 0 Å². The predicted molar refractivity (Wildman–Crippen MR) is 46.0 cm³/mol. The summed E-state index contributed by atoms with van der Waals surface area (Å²) in [6.07, 6.45) is 3.25. The normalized spacial score (nSPS) is 9.83. The summed E-state index contributed by atoms with van der Waals surface area (Å²) < 4.78 is 4.56. The first kappa shape index (κ1) is 11.3. The Labute approximate surface area is 73.1 Å². The van der Waals surface area contributed by atoms with Crippen LogP contribution >= 0.6 is 0 Å². The van der Waals surface area contributed by atoms with Crippen LogP contribution in [0.4, 0.5) is 0 Å². The molecule has 0 spiro atoms. The van der Waals surface area contributed by atoms with E-state index in [-0.39, 0.29) is 12.4 Å². The van der Waals surface area contributed by atoms with E-state index in [1.165, 1.54) is 7.11 Å². The van der Waals surface area contributed by atoms with E-state index in [1.54, 1.807) is 0 Å². The van der Waals surface area contributed by atoms with Gasteiger partial charge in [-0.1, -0.05) is 19.8 Å². The van der Waals surface area contributed by atoms with E-state index in [0.29, 0.717) is 6.42 Å². The Bertz CT molecular complexity index is 152. The van der Waals surface area contributed by atoms with Gasteiger partial charge in [0.15, 0.2) is 0 Å². The SMILES string of the molecule is CCCCCC(=O)C(=O)COC. The molecule has 0 aliphatic rings. The Balaban J connectivity index is 3.50. The highest BCUT2D eigenvalue weighted by molar-refractivity contribution is 6.37. The number of rotatable bonds is 7. The molecule has 0 amide bonds. The molecule has 0 rings (SSSR count). The van der Waals surface area contributed by atoms with Gasteiger partial charge in [-0.05, 0) is 6.42 Å². The van der Waals surface area contributed by atoms with Crippen LogP contribution in [0.5, 0.6) is 0 Å². The van der Waals surface area contributed by atoms with Gasteiger partial charge in [-0.3, -0.25) is 9.59 Å². The molecule has 0 aliphatic heterocycles. The molecule has 0 N–H and O–H groups in total. The molecule has 3 heteroatoms. The zero-order chi connectivity index (χ0) is 9.40. The third-order valence-electron chi connectivity index (χ3n) is 1.59. The molecule has 0 bridgehead atoms. The molecule has 0 fully saturated rings. The third kappa shape index (κ3) is 5.02. The van der Waals surface area contributed by atoms with E-state index in [2.05, 4.69) is 11.7 Å². The first-order valence-corrected chi connectivity index (χ1v) is 4.27. The third-order valence-corrected chi connectivity index (χ3v) is 1.59. The highest BCUT2D eigenvalue weighted by Gasteiger charge is 2.11. The van der Waals surface area contributed by atoms with Crippen LogP contribution in [0, 0.1) is 0 Å². The lowest BCUT2D eigenvalue weighted by atomic mass is 10.1. The van der Waals surface area contributed by atoms with Gasteiger partial charge in [-0.15, -0.1) is 0 Å². The molecule has 0 aromatic carbocycles. The molecule has 0 aromatic rings. The summed E-state index contributed by atoms with van der Waals surface area (Å²) in [4.78, 5) is 21.8. The number of ketones is 2. The van der Waals surface area contributed by atoms with Crippen molar-refractivity contribution >= 4 is 11.6 Å². The maximum Gasteiger partial charge on any atom is 0.223 e. The van der Waals surface area contributed by atoms with Crippen LogP contribution in [0.15, 0.2) is 0 Å². The minimum Gasteiger partial charge on any atom is -0.376 e. The zero-order valence-corrected chi connectivity index (χ0v) is 7.76. The molecule has 0 aromatic heterocycles. The second-order valence-electron chi connectivity index (χ2n) is 2.74. The van der Waals surface area contributed by atoms with Crippen LogP contribution in [0.1, 0.15) is 32.6 Å².